The number of hydrogen-bond donors (Lipinski definition) is 1. The molecule has 0 fully saturated rings. The lowest BCUT2D eigenvalue weighted by Crippen LogP contribution is -2.52. The first-order valence-electron chi connectivity index (χ1n) is 12.5. The second-order valence-electron chi connectivity index (χ2n) is 9.23. The number of amides is 2. The fourth-order valence-corrected chi connectivity index (χ4v) is 5.24. The van der Waals surface area contributed by atoms with Gasteiger partial charge in [-0.2, -0.15) is 0 Å². The number of rotatable bonds is 12. The maximum atomic E-state index is 14.2. The van der Waals surface area contributed by atoms with Crippen LogP contribution in [-0.4, -0.2) is 34.6 Å². The van der Waals surface area contributed by atoms with Gasteiger partial charge in [0.15, 0.2) is 0 Å². The molecule has 0 saturated carbocycles. The molecule has 0 aromatic heterocycles. The van der Waals surface area contributed by atoms with Crippen LogP contribution in [0.3, 0.4) is 0 Å². The first kappa shape index (κ1) is 28.7. The van der Waals surface area contributed by atoms with Gasteiger partial charge in [0.2, 0.25) is 11.8 Å². The molecule has 0 aliphatic carbocycles. The van der Waals surface area contributed by atoms with Crippen molar-refractivity contribution in [2.24, 2.45) is 0 Å². The van der Waals surface area contributed by atoms with Crippen LogP contribution in [-0.2, 0) is 28.3 Å². The van der Waals surface area contributed by atoms with Crippen molar-refractivity contribution in [3.8, 4) is 0 Å². The maximum absolute atomic E-state index is 14.2. The lowest BCUT2D eigenvalue weighted by atomic mass is 10.0. The van der Waals surface area contributed by atoms with Gasteiger partial charge in [0.1, 0.15) is 11.9 Å². The van der Waals surface area contributed by atoms with Crippen LogP contribution in [0.25, 0.3) is 0 Å². The van der Waals surface area contributed by atoms with Crippen LogP contribution in [0.2, 0.25) is 5.02 Å². The average molecular weight is 541 g/mol. The van der Waals surface area contributed by atoms with Gasteiger partial charge in [-0.3, -0.25) is 9.59 Å². The number of hydrogen-bond acceptors (Lipinski definition) is 3. The molecule has 0 aliphatic rings. The van der Waals surface area contributed by atoms with Crippen molar-refractivity contribution in [3.63, 3.8) is 0 Å². The van der Waals surface area contributed by atoms with Crippen molar-refractivity contribution in [2.75, 3.05) is 5.75 Å². The molecule has 1 N–H and O–H groups in total. The van der Waals surface area contributed by atoms with Gasteiger partial charge in [-0.05, 0) is 43.5 Å². The Bertz CT molecular complexity index is 1170. The molecule has 0 spiro atoms. The van der Waals surface area contributed by atoms with E-state index in [2.05, 4.69) is 5.32 Å². The van der Waals surface area contributed by atoms with E-state index in [1.165, 1.54) is 17.8 Å². The highest BCUT2D eigenvalue weighted by atomic mass is 35.5. The zero-order valence-corrected chi connectivity index (χ0v) is 23.1. The van der Waals surface area contributed by atoms with Crippen molar-refractivity contribution in [1.29, 1.82) is 0 Å². The smallest absolute Gasteiger partial charge is 0.243 e. The van der Waals surface area contributed by atoms with E-state index < -0.39 is 6.04 Å². The maximum Gasteiger partial charge on any atom is 0.243 e. The van der Waals surface area contributed by atoms with Crippen molar-refractivity contribution in [2.45, 2.75) is 58.0 Å². The summed E-state index contributed by atoms with van der Waals surface area (Å²) in [5.41, 5.74) is 3.38. The highest BCUT2D eigenvalue weighted by Crippen LogP contribution is 2.25. The third kappa shape index (κ3) is 8.61. The molecule has 3 rings (SSSR count). The second kappa shape index (κ2) is 14.2. The number of nitrogens with zero attached hydrogens (tertiary/aromatic N) is 1. The van der Waals surface area contributed by atoms with Gasteiger partial charge in [0.25, 0.3) is 0 Å². The molecule has 3 aromatic rings. The van der Waals surface area contributed by atoms with Crippen molar-refractivity contribution >= 4 is 35.2 Å². The Morgan fingerprint density at radius 1 is 1.03 bits per heavy atom. The number of aryl methyl sites for hydroxylation is 1. The van der Waals surface area contributed by atoms with E-state index in [-0.39, 0.29) is 35.2 Å². The minimum absolute atomic E-state index is 0.0146. The fourth-order valence-electron chi connectivity index (χ4n) is 4.00. The third-order valence-corrected chi connectivity index (χ3v) is 7.54. The summed E-state index contributed by atoms with van der Waals surface area (Å²) >= 11 is 7.46. The number of benzene rings is 3. The van der Waals surface area contributed by atoms with Gasteiger partial charge < -0.3 is 10.2 Å². The molecule has 0 aliphatic heterocycles. The molecule has 0 bridgehead atoms. The standard InChI is InChI=1S/C30H34ClFN2O2S/c1-4-22(3)33-30(36)28(17-23-11-6-5-7-12-23)34(18-24-13-8-10-21(2)16-24)29(35)20-37-19-25-26(31)14-9-15-27(25)32/h5-16,22,28H,4,17-20H2,1-3H3,(H,33,36). The van der Waals surface area contributed by atoms with Crippen molar-refractivity contribution in [1.82, 2.24) is 10.2 Å². The molecule has 2 unspecified atom stereocenters. The predicted octanol–water partition coefficient (Wildman–Crippen LogP) is 6.58. The van der Waals surface area contributed by atoms with Gasteiger partial charge >= 0.3 is 0 Å². The summed E-state index contributed by atoms with van der Waals surface area (Å²) < 4.78 is 14.2. The van der Waals surface area contributed by atoms with Crippen LogP contribution < -0.4 is 5.32 Å². The quantitative estimate of drug-likeness (QED) is 0.282. The first-order valence-corrected chi connectivity index (χ1v) is 14.0. The normalized spacial score (nSPS) is 12.6. The molecule has 37 heavy (non-hydrogen) atoms. The summed E-state index contributed by atoms with van der Waals surface area (Å²) in [5.74, 6) is -0.393. The largest absolute Gasteiger partial charge is 0.352 e. The van der Waals surface area contributed by atoms with E-state index in [1.54, 1.807) is 17.0 Å². The highest BCUT2D eigenvalue weighted by Gasteiger charge is 2.31. The molecular weight excluding hydrogens is 507 g/mol. The van der Waals surface area contributed by atoms with E-state index in [9.17, 15) is 14.0 Å². The van der Waals surface area contributed by atoms with Gasteiger partial charge in [0.05, 0.1) is 5.75 Å². The molecular formula is C30H34ClFN2O2S. The Labute approximate surface area is 228 Å². The summed E-state index contributed by atoms with van der Waals surface area (Å²) in [4.78, 5) is 28.9. The molecule has 0 saturated heterocycles. The van der Waals surface area contributed by atoms with Crippen LogP contribution >= 0.6 is 23.4 Å². The van der Waals surface area contributed by atoms with Crippen LogP contribution in [0.15, 0.2) is 72.8 Å². The predicted molar refractivity (Wildman–Crippen MR) is 151 cm³/mol. The van der Waals surface area contributed by atoms with Crippen LogP contribution in [0.4, 0.5) is 4.39 Å². The Morgan fingerprint density at radius 3 is 2.41 bits per heavy atom. The zero-order chi connectivity index (χ0) is 26.8. The summed E-state index contributed by atoms with van der Waals surface area (Å²) in [6.07, 6.45) is 1.18. The van der Waals surface area contributed by atoms with Crippen LogP contribution in [0, 0.1) is 12.7 Å². The van der Waals surface area contributed by atoms with Crippen molar-refractivity contribution in [3.05, 3.63) is 106 Å². The summed E-state index contributed by atoms with van der Waals surface area (Å²) in [6, 6.07) is 21.5. The lowest BCUT2D eigenvalue weighted by molar-refractivity contribution is -0.139. The van der Waals surface area contributed by atoms with Gasteiger partial charge in [-0.1, -0.05) is 84.8 Å². The second-order valence-corrected chi connectivity index (χ2v) is 10.6. The van der Waals surface area contributed by atoms with Gasteiger partial charge in [-0.15, -0.1) is 11.8 Å². The molecule has 4 nitrogen and oxygen atoms in total. The van der Waals surface area contributed by atoms with E-state index in [1.807, 2.05) is 75.4 Å². The number of thioether (sulfide) groups is 1. The molecule has 2 atom stereocenters. The van der Waals surface area contributed by atoms with E-state index in [0.717, 1.165) is 23.1 Å². The minimum Gasteiger partial charge on any atom is -0.352 e. The molecule has 196 valence electrons. The SMILES string of the molecule is CCC(C)NC(=O)C(Cc1ccccc1)N(Cc1cccc(C)c1)C(=O)CSCc1c(F)cccc1Cl. The Morgan fingerprint density at radius 2 is 1.73 bits per heavy atom. The Balaban J connectivity index is 1.88. The molecule has 2 amide bonds. The monoisotopic (exact) mass is 540 g/mol. The topological polar surface area (TPSA) is 49.4 Å². The van der Waals surface area contributed by atoms with Gasteiger partial charge in [-0.25, -0.2) is 4.39 Å². The number of halogens is 2. The van der Waals surface area contributed by atoms with Crippen LogP contribution in [0.1, 0.15) is 42.5 Å². The molecule has 0 heterocycles. The molecule has 3 aromatic carbocycles. The zero-order valence-electron chi connectivity index (χ0n) is 21.5. The fraction of sp³-hybridized carbons (Fsp3) is 0.333. The first-order chi connectivity index (χ1) is 17.8. The highest BCUT2D eigenvalue weighted by molar-refractivity contribution is 7.99. The van der Waals surface area contributed by atoms with E-state index in [0.29, 0.717) is 23.6 Å². The Kier molecular flexibility index (Phi) is 11.0. The summed E-state index contributed by atoms with van der Waals surface area (Å²) in [6.45, 7) is 6.27. The van der Waals surface area contributed by atoms with Crippen LogP contribution in [0.5, 0.6) is 0 Å². The third-order valence-electron chi connectivity index (χ3n) is 6.24. The molecule has 0 radical (unpaired) electrons. The average Bonchev–Trinajstić information content (AvgIpc) is 2.88. The summed E-state index contributed by atoms with van der Waals surface area (Å²) in [7, 11) is 0. The number of carbonyl (C=O) groups excluding carboxylic acids is 2. The minimum atomic E-state index is -0.693. The number of carbonyl (C=O) groups is 2. The Hall–Kier alpha value is -2.83. The van der Waals surface area contributed by atoms with E-state index >= 15 is 0 Å². The summed E-state index contributed by atoms with van der Waals surface area (Å²) in [5, 5.41) is 3.41. The van der Waals surface area contributed by atoms with E-state index in [4.69, 9.17) is 11.6 Å². The van der Waals surface area contributed by atoms with Gasteiger partial charge in [0, 0.05) is 35.3 Å². The molecule has 7 heteroatoms. The number of nitrogens with one attached hydrogen (secondary N) is 1. The lowest BCUT2D eigenvalue weighted by Gasteiger charge is -2.32. The van der Waals surface area contributed by atoms with Crippen molar-refractivity contribution < 1.29 is 14.0 Å².